The van der Waals surface area contributed by atoms with Gasteiger partial charge in [0.15, 0.2) is 23.7 Å². The standard InChI is InChI=1S/C72H92N6O10/c1-7-68(76-41-45(3)79)77-42-52-36-59(50-17-10-14-47(31-50)25-29-86-28-12-27-74-4)57-26-30-87-55(34-51-37-64(81)60(52)35-49(51)16-9-8-13-46-15-11-18-53(32-46)78-72(73)75-5)38-54(80)22-20-48-21-24-66(85-6)67(33-48)88-43-63-56-23-19-44(2)58-40-65(82)70(57)62(69(56)58)39-61(63)71(83)84/h10-11,14-15,17-19,21,23-24,31-33,35,37,39-40,44-45,49,51-52,55,57,59,68,71,74,76-77,79,81-84H,7-9,12-13,16,20,22,25,27-29,34,36,38,41-43H2,1-6H3,(H3,73,75,78)/t44-,45+,49+,51+,52+,55+,57-,59-,68-/m1/s1. The summed E-state index contributed by atoms with van der Waals surface area (Å²) in [5, 5.41) is 74.4. The van der Waals surface area contributed by atoms with Gasteiger partial charge in [0.05, 0.1) is 31.9 Å². The van der Waals surface area contributed by atoms with Gasteiger partial charge in [-0.3, -0.25) is 15.1 Å². The minimum absolute atomic E-state index is 0.00943. The molecule has 0 radical (unpaired) electrons. The van der Waals surface area contributed by atoms with Crippen LogP contribution in [0.2, 0.25) is 0 Å². The molecule has 0 fully saturated rings. The third-order valence-electron chi connectivity index (χ3n) is 18.0. The molecule has 11 N–H and O–H groups in total. The molecule has 5 aromatic rings. The van der Waals surface area contributed by atoms with Crippen LogP contribution in [-0.2, 0) is 40.1 Å². The Morgan fingerprint density at radius 2 is 1.75 bits per heavy atom. The van der Waals surface area contributed by atoms with Gasteiger partial charge in [0.25, 0.3) is 0 Å². The lowest BCUT2D eigenvalue weighted by molar-refractivity contribution is -0.121. The fourth-order valence-electron chi connectivity index (χ4n) is 13.3. The number of unbranched alkanes of at least 4 members (excludes halogenated alkanes) is 1. The van der Waals surface area contributed by atoms with E-state index >= 15 is 0 Å². The number of benzene rings is 5. The molecule has 9 atom stereocenters. The van der Waals surface area contributed by atoms with Crippen molar-refractivity contribution in [1.29, 1.82) is 0 Å². The van der Waals surface area contributed by atoms with Crippen LogP contribution in [0.15, 0.2) is 113 Å². The Hall–Kier alpha value is -7.20. The van der Waals surface area contributed by atoms with Gasteiger partial charge in [0.1, 0.15) is 36.1 Å². The number of aliphatic imine (C=N–C) groups is 1. The highest BCUT2D eigenvalue weighted by molar-refractivity contribution is 6.01. The number of ketones is 1. The number of hydrogen-bond acceptors (Lipinski definition) is 14. The summed E-state index contributed by atoms with van der Waals surface area (Å²) in [5.41, 5.74) is 14.6. The summed E-state index contributed by atoms with van der Waals surface area (Å²) in [6.07, 6.45) is 15.3. The molecular formula is C72H92N6O10. The number of aryl methyl sites for hydroxylation is 2. The molecule has 0 spiro atoms. The summed E-state index contributed by atoms with van der Waals surface area (Å²) in [5.74, 6) is 2.96. The van der Waals surface area contributed by atoms with Crippen LogP contribution in [-0.4, -0.2) is 110 Å². The molecule has 11 rings (SSSR count). The molecule has 88 heavy (non-hydrogen) atoms. The minimum Gasteiger partial charge on any atom is -0.508 e. The third kappa shape index (κ3) is 16.5. The number of rotatable bonds is 23. The molecule has 5 aromatic carbocycles. The van der Waals surface area contributed by atoms with E-state index in [2.05, 4.69) is 101 Å². The van der Waals surface area contributed by atoms with Gasteiger partial charge in [-0.15, -0.1) is 0 Å². The Morgan fingerprint density at radius 1 is 0.932 bits per heavy atom. The van der Waals surface area contributed by atoms with Gasteiger partial charge in [-0.25, -0.2) is 0 Å². The molecule has 0 unspecified atom stereocenters. The number of aliphatic hydroxyl groups excluding tert-OH is 3. The van der Waals surface area contributed by atoms with E-state index in [0.717, 1.165) is 83.1 Å². The SMILES string of the molecule is CC[C@@H](NC[C@@H]1C[C@H](c2cccc(CCOCCCNC)c2)[C@H]2C#CO[C@H](CC(=O)CCc3ccc(OC)c(c3)OCc3c(C(O)O)cc4c2c(O)cc2c4c3C=C[C@H]2C)C[C@H]2C=C(O)C1=C[C@@H]2CCCCc1cccc(NC(N)=NC)c1)NC[C@H](C)O. The summed E-state index contributed by atoms with van der Waals surface area (Å²) in [4.78, 5) is 18.6. The summed E-state index contributed by atoms with van der Waals surface area (Å²) in [7, 11) is 5.15. The number of guanidine groups is 1. The molecule has 10 bridgehead atoms. The van der Waals surface area contributed by atoms with Gasteiger partial charge in [0, 0.05) is 79.7 Å². The molecule has 6 aliphatic rings. The Bertz CT molecular complexity index is 3400. The largest absolute Gasteiger partial charge is 0.508 e. The Balaban J connectivity index is 1.24. The average Bonchev–Trinajstić information content (AvgIpc) is 1.04. The Labute approximate surface area is 519 Å². The molecule has 0 saturated heterocycles. The van der Waals surface area contributed by atoms with E-state index in [1.54, 1.807) is 27.1 Å². The second kappa shape index (κ2) is 31.3. The predicted octanol–water partition coefficient (Wildman–Crippen LogP) is 10.6. The Morgan fingerprint density at radius 3 is 2.52 bits per heavy atom. The van der Waals surface area contributed by atoms with Crippen molar-refractivity contribution in [3.63, 3.8) is 0 Å². The summed E-state index contributed by atoms with van der Waals surface area (Å²) >= 11 is 0. The van der Waals surface area contributed by atoms with Crippen molar-refractivity contribution in [3.8, 4) is 29.3 Å². The number of carbonyl (C=O) groups is 1. The number of phenols is 1. The molecule has 0 amide bonds. The number of phenolic OH excluding ortho intramolecular Hbond substituents is 1. The fourth-order valence-corrected chi connectivity index (χ4v) is 13.3. The number of anilines is 1. The van der Waals surface area contributed by atoms with Crippen LogP contribution in [0.1, 0.15) is 153 Å². The fraction of sp³-hybridized carbons (Fsp3) is 0.472. The number of nitrogens with zero attached hydrogens (tertiary/aromatic N) is 1. The van der Waals surface area contributed by atoms with Crippen LogP contribution < -0.4 is 36.5 Å². The van der Waals surface area contributed by atoms with E-state index in [-0.39, 0.29) is 72.1 Å². The third-order valence-corrected chi connectivity index (χ3v) is 18.0. The highest BCUT2D eigenvalue weighted by Crippen LogP contribution is 2.51. The number of aliphatic hydroxyl groups is 4. The molecule has 0 saturated carbocycles. The van der Waals surface area contributed by atoms with Crippen LogP contribution in [0.3, 0.4) is 0 Å². The van der Waals surface area contributed by atoms with Crippen molar-refractivity contribution in [2.45, 2.75) is 147 Å². The van der Waals surface area contributed by atoms with Gasteiger partial charge >= 0.3 is 0 Å². The van der Waals surface area contributed by atoms with Crippen molar-refractivity contribution in [3.05, 3.63) is 158 Å². The highest BCUT2D eigenvalue weighted by atomic mass is 16.5. The van der Waals surface area contributed by atoms with Crippen molar-refractivity contribution in [1.82, 2.24) is 16.0 Å². The zero-order valence-corrected chi connectivity index (χ0v) is 52.1. The maximum Gasteiger partial charge on any atom is 0.192 e. The molecule has 0 aromatic heterocycles. The zero-order valence-electron chi connectivity index (χ0n) is 52.1. The first-order valence-electron chi connectivity index (χ1n) is 31.7. The predicted molar refractivity (Wildman–Crippen MR) is 349 cm³/mol. The van der Waals surface area contributed by atoms with Crippen LogP contribution in [0.4, 0.5) is 5.69 Å². The number of aromatic hydroxyl groups is 1. The second-order valence-electron chi connectivity index (χ2n) is 24.3. The highest BCUT2D eigenvalue weighted by Gasteiger charge is 2.38. The number of allylic oxidation sites excluding steroid dienone is 4. The summed E-state index contributed by atoms with van der Waals surface area (Å²) in [6.45, 7) is 8.66. The smallest absolute Gasteiger partial charge is 0.192 e. The maximum atomic E-state index is 14.5. The first-order valence-corrected chi connectivity index (χ1v) is 31.7. The molecule has 470 valence electrons. The molecule has 4 aliphatic heterocycles. The van der Waals surface area contributed by atoms with Crippen LogP contribution in [0.5, 0.6) is 17.2 Å². The lowest BCUT2D eigenvalue weighted by Gasteiger charge is -2.35. The molecular weight excluding hydrogens is 1110 g/mol. The number of fused-ring (bicyclic) bond motifs is 8. The monoisotopic (exact) mass is 1200 g/mol. The van der Waals surface area contributed by atoms with Crippen LogP contribution in [0, 0.1) is 29.8 Å². The maximum absolute atomic E-state index is 14.5. The van der Waals surface area contributed by atoms with Gasteiger partial charge < -0.3 is 66.2 Å². The zero-order chi connectivity index (χ0) is 62.3. The van der Waals surface area contributed by atoms with Gasteiger partial charge in [-0.1, -0.05) is 86.9 Å². The van der Waals surface area contributed by atoms with Gasteiger partial charge in [-0.05, 0) is 182 Å². The number of hydrogen-bond donors (Lipinski definition) is 10. The lowest BCUT2D eigenvalue weighted by atomic mass is 9.70. The van der Waals surface area contributed by atoms with Crippen molar-refractivity contribution in [2.24, 2.45) is 28.5 Å². The minimum atomic E-state index is -1.94. The number of carbonyl (C=O) groups excluding carboxylic acids is 1. The quantitative estimate of drug-likeness (QED) is 0.00962. The van der Waals surface area contributed by atoms with E-state index in [0.29, 0.717) is 92.4 Å². The van der Waals surface area contributed by atoms with E-state index in [9.17, 15) is 30.3 Å². The van der Waals surface area contributed by atoms with E-state index in [4.69, 9.17) is 24.7 Å². The van der Waals surface area contributed by atoms with E-state index in [1.165, 1.54) is 5.56 Å². The molecule has 4 heterocycles. The summed E-state index contributed by atoms with van der Waals surface area (Å²) < 4.78 is 25.4. The first kappa shape index (κ1) is 65.3. The Kier molecular flexibility index (Phi) is 23.2. The van der Waals surface area contributed by atoms with Gasteiger partial charge in [0.2, 0.25) is 0 Å². The van der Waals surface area contributed by atoms with E-state index in [1.807, 2.05) is 55.6 Å². The topological polar surface area (TPSA) is 242 Å². The number of ether oxygens (including phenoxy) is 4. The summed E-state index contributed by atoms with van der Waals surface area (Å²) in [6, 6.07) is 25.9. The first-order chi connectivity index (χ1) is 42.6. The normalized spacial score (nSPS) is 21.9. The number of nitrogens with one attached hydrogen (secondary N) is 4. The van der Waals surface area contributed by atoms with Crippen molar-refractivity contribution in [2.75, 3.05) is 59.4 Å². The van der Waals surface area contributed by atoms with Crippen molar-refractivity contribution < 1.29 is 49.3 Å². The number of nitrogens with two attached hydrogens (primary N) is 1. The lowest BCUT2D eigenvalue weighted by Crippen LogP contribution is -2.46. The van der Waals surface area contributed by atoms with Crippen LogP contribution in [0.25, 0.3) is 16.8 Å². The van der Waals surface area contributed by atoms with E-state index < -0.39 is 30.3 Å². The second-order valence-corrected chi connectivity index (χ2v) is 24.3. The molecule has 16 heteroatoms. The van der Waals surface area contributed by atoms with Crippen molar-refractivity contribution >= 4 is 34.3 Å². The van der Waals surface area contributed by atoms with Crippen LogP contribution >= 0.6 is 0 Å². The number of Topliss-reactive ketones (excluding diaryl/α,β-unsaturated/α-hetero) is 1. The van der Waals surface area contributed by atoms with Gasteiger partial charge in [-0.2, -0.15) is 0 Å². The number of methoxy groups -OCH3 is 1. The average molecular weight is 1200 g/mol. The molecule has 2 aliphatic carbocycles. The molecule has 16 nitrogen and oxygen atoms in total.